The molecule has 2 N–H and O–H groups in total. The van der Waals surface area contributed by atoms with Gasteiger partial charge in [-0.15, -0.1) is 0 Å². The summed E-state index contributed by atoms with van der Waals surface area (Å²) in [5.41, 5.74) is 0.582. The van der Waals surface area contributed by atoms with E-state index in [9.17, 15) is 22.4 Å². The maximum atomic E-state index is 13.7. The molecule has 1 unspecified atom stereocenters. The Morgan fingerprint density at radius 1 is 1.34 bits per heavy atom. The fourth-order valence-corrected chi connectivity index (χ4v) is 4.26. The van der Waals surface area contributed by atoms with Crippen LogP contribution in [0.15, 0.2) is 30.9 Å². The molecule has 1 saturated heterocycles. The topological polar surface area (TPSA) is 105 Å². The van der Waals surface area contributed by atoms with E-state index >= 15 is 0 Å². The summed E-state index contributed by atoms with van der Waals surface area (Å²) >= 11 is 0. The number of hydrogen-bond acceptors (Lipinski definition) is 5. The van der Waals surface area contributed by atoms with Crippen LogP contribution in [0.3, 0.4) is 0 Å². The molecule has 0 bridgehead atoms. The predicted octanol–water partition coefficient (Wildman–Crippen LogP) is 2.09. The number of amides is 3. The first-order valence-corrected chi connectivity index (χ1v) is 11.0. The highest BCUT2D eigenvalue weighted by Gasteiger charge is 2.25. The highest BCUT2D eigenvalue weighted by Crippen LogP contribution is 2.23. The van der Waals surface area contributed by atoms with Crippen molar-refractivity contribution < 1.29 is 27.1 Å². The normalized spacial score (nSPS) is 15.3. The zero-order valence-electron chi connectivity index (χ0n) is 16.3. The lowest BCUT2D eigenvalue weighted by Gasteiger charge is -2.16. The minimum atomic E-state index is -3.54. The van der Waals surface area contributed by atoms with Crippen molar-refractivity contribution in [2.45, 2.75) is 32.2 Å². The molecule has 160 valence electrons. The molecule has 3 amide bonds. The number of carbonyl (C=O) groups is 2. The summed E-state index contributed by atoms with van der Waals surface area (Å²) in [4.78, 5) is 23.9. The number of imide groups is 1. The van der Waals surface area contributed by atoms with Gasteiger partial charge in [-0.3, -0.25) is 10.1 Å². The second kappa shape index (κ2) is 10.4. The van der Waals surface area contributed by atoms with Gasteiger partial charge in [0.05, 0.1) is 5.75 Å². The van der Waals surface area contributed by atoms with Gasteiger partial charge >= 0.3 is 6.03 Å². The van der Waals surface area contributed by atoms with E-state index in [1.807, 2.05) is 0 Å². The molecule has 0 spiro atoms. The van der Waals surface area contributed by atoms with Gasteiger partial charge in [-0.05, 0) is 37.5 Å². The molecule has 1 fully saturated rings. The second-order valence-electron chi connectivity index (χ2n) is 6.78. The molecular formula is C19H26FN3O5S. The lowest BCUT2D eigenvalue weighted by molar-refractivity contribution is -0.118. The smallest absolute Gasteiger partial charge is 0.324 e. The van der Waals surface area contributed by atoms with E-state index in [2.05, 4.69) is 16.6 Å². The van der Waals surface area contributed by atoms with Gasteiger partial charge in [0.15, 0.2) is 11.6 Å². The molecule has 2 rings (SSSR count). The molecule has 1 aliphatic heterocycles. The first-order valence-electron chi connectivity index (χ1n) is 9.34. The number of halogens is 1. The van der Waals surface area contributed by atoms with Crippen LogP contribution in [0.4, 0.5) is 9.18 Å². The van der Waals surface area contributed by atoms with Crippen LogP contribution < -0.4 is 14.8 Å². The molecule has 1 aromatic rings. The van der Waals surface area contributed by atoms with Gasteiger partial charge in [-0.25, -0.2) is 22.3 Å². The Balaban J connectivity index is 1.78. The van der Waals surface area contributed by atoms with Crippen molar-refractivity contribution in [2.75, 3.05) is 25.4 Å². The van der Waals surface area contributed by atoms with Crippen LogP contribution in [0.25, 0.3) is 0 Å². The molecule has 1 aliphatic rings. The van der Waals surface area contributed by atoms with Gasteiger partial charge in [0.2, 0.25) is 15.9 Å². The van der Waals surface area contributed by atoms with Crippen LogP contribution in [-0.4, -0.2) is 50.7 Å². The Morgan fingerprint density at radius 3 is 2.76 bits per heavy atom. The summed E-state index contributed by atoms with van der Waals surface area (Å²) in [5, 5.41) is 2.19. The van der Waals surface area contributed by atoms with Crippen LogP contribution in [-0.2, 0) is 14.8 Å². The number of carbonyl (C=O) groups excluding carboxylic acids is 2. The van der Waals surface area contributed by atoms with Crippen molar-refractivity contribution in [1.29, 1.82) is 0 Å². The van der Waals surface area contributed by atoms with Crippen molar-refractivity contribution in [1.82, 2.24) is 14.9 Å². The highest BCUT2D eigenvalue weighted by atomic mass is 32.2. The van der Waals surface area contributed by atoms with Crippen molar-refractivity contribution in [3.05, 3.63) is 42.2 Å². The van der Waals surface area contributed by atoms with Gasteiger partial charge in [-0.1, -0.05) is 25.1 Å². The Labute approximate surface area is 170 Å². The van der Waals surface area contributed by atoms with Gasteiger partial charge in [0.1, 0.15) is 13.2 Å². The molecule has 29 heavy (non-hydrogen) atoms. The third-order valence-corrected chi connectivity index (χ3v) is 5.92. The van der Waals surface area contributed by atoms with Gasteiger partial charge in [-0.2, -0.15) is 0 Å². The Kier molecular flexibility index (Phi) is 8.15. The molecule has 0 aromatic heterocycles. The molecule has 10 heteroatoms. The summed E-state index contributed by atoms with van der Waals surface area (Å²) in [6.07, 6.45) is 3.12. The quantitative estimate of drug-likeness (QED) is 0.302. The SMILES string of the molecule is C=CCOc1cc(C(C)NS(=O)(=O)CCCCCN2CC(=O)NC2=O)ccc1F. The fraction of sp³-hybridized carbons (Fsp3) is 0.474. The second-order valence-corrected chi connectivity index (χ2v) is 8.66. The number of sulfonamides is 1. The van der Waals surface area contributed by atoms with Gasteiger partial charge < -0.3 is 9.64 Å². The van der Waals surface area contributed by atoms with E-state index in [-0.39, 0.29) is 30.6 Å². The third kappa shape index (κ3) is 7.13. The fourth-order valence-electron chi connectivity index (χ4n) is 2.88. The van der Waals surface area contributed by atoms with E-state index < -0.39 is 27.9 Å². The maximum absolute atomic E-state index is 13.7. The molecule has 1 atom stereocenters. The summed E-state index contributed by atoms with van der Waals surface area (Å²) in [6, 6.07) is 3.25. The number of unbranched alkanes of at least 4 members (excludes halogenated alkanes) is 2. The van der Waals surface area contributed by atoms with Crippen LogP contribution in [0.2, 0.25) is 0 Å². The molecular weight excluding hydrogens is 401 g/mol. The number of hydrogen-bond donors (Lipinski definition) is 2. The highest BCUT2D eigenvalue weighted by molar-refractivity contribution is 7.89. The standard InChI is InChI=1S/C19H26FN3O5S/c1-3-10-28-17-12-15(7-8-16(17)20)14(2)22-29(26,27)11-6-4-5-9-23-13-18(24)21-19(23)25/h3,7-8,12,14,22H,1,4-6,9-11,13H2,2H3,(H,21,24,25). The van der Waals surface area contributed by atoms with E-state index in [0.29, 0.717) is 31.4 Å². The third-order valence-electron chi connectivity index (χ3n) is 4.38. The predicted molar refractivity (Wildman–Crippen MR) is 106 cm³/mol. The molecule has 8 nitrogen and oxygen atoms in total. The molecule has 0 radical (unpaired) electrons. The average Bonchev–Trinajstić information content (AvgIpc) is 2.97. The van der Waals surface area contributed by atoms with Crippen LogP contribution in [0.1, 0.15) is 37.8 Å². The first kappa shape index (κ1) is 22.8. The lowest BCUT2D eigenvalue weighted by Crippen LogP contribution is -2.30. The number of rotatable bonds is 12. The van der Waals surface area contributed by atoms with Crippen LogP contribution in [0, 0.1) is 5.82 Å². The number of nitrogens with one attached hydrogen (secondary N) is 2. The number of nitrogens with zero attached hydrogens (tertiary/aromatic N) is 1. The van der Waals surface area contributed by atoms with E-state index in [1.165, 1.54) is 29.2 Å². The van der Waals surface area contributed by atoms with Gasteiger partial charge in [0.25, 0.3) is 0 Å². The number of benzene rings is 1. The zero-order valence-corrected chi connectivity index (χ0v) is 17.1. The molecule has 0 aliphatic carbocycles. The average molecular weight is 427 g/mol. The molecule has 1 heterocycles. The first-order chi connectivity index (χ1) is 13.7. The largest absolute Gasteiger partial charge is 0.486 e. The summed E-state index contributed by atoms with van der Waals surface area (Å²) in [6.45, 7) is 5.78. The van der Waals surface area contributed by atoms with Crippen LogP contribution in [0.5, 0.6) is 5.75 Å². The zero-order chi connectivity index (χ0) is 21.4. The minimum Gasteiger partial charge on any atom is -0.486 e. The Bertz CT molecular complexity index is 859. The number of ether oxygens (including phenoxy) is 1. The number of urea groups is 1. The summed E-state index contributed by atoms with van der Waals surface area (Å²) in [7, 11) is -3.54. The monoisotopic (exact) mass is 427 g/mol. The summed E-state index contributed by atoms with van der Waals surface area (Å²) < 4.78 is 46.2. The Hall–Kier alpha value is -2.46. The minimum absolute atomic E-state index is 0.0397. The maximum Gasteiger partial charge on any atom is 0.324 e. The van der Waals surface area contributed by atoms with Crippen molar-refractivity contribution in [3.8, 4) is 5.75 Å². The van der Waals surface area contributed by atoms with Crippen molar-refractivity contribution >= 4 is 22.0 Å². The lowest BCUT2D eigenvalue weighted by atomic mass is 10.1. The van der Waals surface area contributed by atoms with Gasteiger partial charge in [0, 0.05) is 12.6 Å². The van der Waals surface area contributed by atoms with E-state index in [0.717, 1.165) is 0 Å². The molecule has 1 aromatic carbocycles. The van der Waals surface area contributed by atoms with Crippen molar-refractivity contribution in [3.63, 3.8) is 0 Å². The molecule has 0 saturated carbocycles. The van der Waals surface area contributed by atoms with Crippen molar-refractivity contribution in [2.24, 2.45) is 0 Å². The van der Waals surface area contributed by atoms with E-state index in [1.54, 1.807) is 6.92 Å². The summed E-state index contributed by atoms with van der Waals surface area (Å²) in [5.74, 6) is -0.879. The Morgan fingerprint density at radius 2 is 2.10 bits per heavy atom. The van der Waals surface area contributed by atoms with E-state index in [4.69, 9.17) is 4.74 Å². The van der Waals surface area contributed by atoms with Crippen LogP contribution >= 0.6 is 0 Å².